The summed E-state index contributed by atoms with van der Waals surface area (Å²) in [5, 5.41) is 11.0. The van der Waals surface area contributed by atoms with E-state index in [1.54, 1.807) is 17.2 Å². The minimum Gasteiger partial charge on any atom is -0.464 e. The third-order valence-electron chi connectivity index (χ3n) is 9.43. The van der Waals surface area contributed by atoms with Crippen molar-refractivity contribution in [1.29, 1.82) is 0 Å². The molecule has 1 atom stereocenters. The summed E-state index contributed by atoms with van der Waals surface area (Å²) < 4.78 is 60.8. The van der Waals surface area contributed by atoms with Gasteiger partial charge in [0.05, 0.1) is 7.11 Å². The number of aromatic nitrogens is 3. The maximum absolute atomic E-state index is 14.5. The van der Waals surface area contributed by atoms with E-state index in [-0.39, 0.29) is 35.3 Å². The van der Waals surface area contributed by atoms with Gasteiger partial charge >= 0.3 is 17.8 Å². The number of carbonyl (C=O) groups is 4. The van der Waals surface area contributed by atoms with Gasteiger partial charge in [-0.2, -0.15) is 22.7 Å². The highest BCUT2D eigenvalue weighted by Crippen LogP contribution is 2.42. The number of nitrogens with zero attached hydrogens (tertiary/aromatic N) is 2. The van der Waals surface area contributed by atoms with Crippen molar-refractivity contribution in [1.82, 2.24) is 20.5 Å². The van der Waals surface area contributed by atoms with Crippen LogP contribution in [-0.2, 0) is 31.5 Å². The van der Waals surface area contributed by atoms with E-state index in [0.29, 0.717) is 38.0 Å². The standard InChI is InChI=1S/C37H39F4N7O5/c1-20-17-26(30(43)49)13-16-28(20)23-7-3-21(4-8-23)18-29(45-32(50)25-9-5-22(19-42)6-10-25)33(51)44-27-14-11-24(12-15-27)31-46-34(48-47-31)36(38,39)37(40,41)35(52)53-2/h3-4,7-8,11-17,22,25,29H,5-6,9-10,18-19,42H2,1-2H3,(H2,43,49)(H,44,51)(H,45,50)(H,46,47,48)/t22?,25?,29-/m0/s1. The number of aryl methyl sites for hydroxylation is 1. The van der Waals surface area contributed by atoms with Crippen LogP contribution in [-0.4, -0.2) is 64.5 Å². The number of esters is 1. The summed E-state index contributed by atoms with van der Waals surface area (Å²) in [5.41, 5.74) is 15.4. The Kier molecular flexibility index (Phi) is 11.6. The fraction of sp³-hybridized carbons (Fsp3) is 0.351. The molecule has 1 aliphatic rings. The van der Waals surface area contributed by atoms with Gasteiger partial charge in [-0.3, -0.25) is 19.5 Å². The van der Waals surface area contributed by atoms with Gasteiger partial charge in [-0.05, 0) is 104 Å². The SMILES string of the molecule is COC(=O)C(F)(F)C(F)(F)c1nc(-c2ccc(NC(=O)[C@H](Cc3ccc(-c4ccc(C(N)=O)cc4C)cc3)NC(=O)C3CCC(CN)CC3)cc2)n[nH]1. The van der Waals surface area contributed by atoms with Crippen LogP contribution in [0.4, 0.5) is 23.2 Å². The van der Waals surface area contributed by atoms with Crippen LogP contribution in [0.15, 0.2) is 66.7 Å². The van der Waals surface area contributed by atoms with Crippen LogP contribution in [0.25, 0.3) is 22.5 Å². The number of primary amides is 1. The summed E-state index contributed by atoms with van der Waals surface area (Å²) in [6.45, 7) is 2.42. The molecule has 0 spiro atoms. The Bertz CT molecular complexity index is 1960. The molecule has 0 radical (unpaired) electrons. The lowest BCUT2D eigenvalue weighted by Crippen LogP contribution is -2.48. The molecule has 3 amide bonds. The molecule has 1 fully saturated rings. The zero-order chi connectivity index (χ0) is 38.5. The lowest BCUT2D eigenvalue weighted by Gasteiger charge is -2.28. The van der Waals surface area contributed by atoms with Crippen LogP contribution in [0.3, 0.4) is 0 Å². The third-order valence-corrected chi connectivity index (χ3v) is 9.43. The normalized spacial score (nSPS) is 16.7. The number of rotatable bonds is 13. The number of amides is 3. The lowest BCUT2D eigenvalue weighted by atomic mass is 9.81. The van der Waals surface area contributed by atoms with Gasteiger partial charge in [0.1, 0.15) is 6.04 Å². The number of ether oxygens (including phenoxy) is 1. The molecule has 1 aromatic heterocycles. The molecule has 0 unspecified atom stereocenters. The molecule has 0 aliphatic heterocycles. The topological polar surface area (TPSA) is 195 Å². The average molecular weight is 738 g/mol. The zero-order valence-electron chi connectivity index (χ0n) is 28.9. The minimum absolute atomic E-state index is 0.139. The summed E-state index contributed by atoms with van der Waals surface area (Å²) in [7, 11) is 0.553. The van der Waals surface area contributed by atoms with Crippen molar-refractivity contribution in [3.8, 4) is 22.5 Å². The lowest BCUT2D eigenvalue weighted by molar-refractivity contribution is -0.233. The fourth-order valence-corrected chi connectivity index (χ4v) is 6.22. The monoisotopic (exact) mass is 737 g/mol. The van der Waals surface area contributed by atoms with E-state index < -0.39 is 41.5 Å². The molecule has 7 N–H and O–H groups in total. The molecule has 0 saturated heterocycles. The van der Waals surface area contributed by atoms with Gasteiger partial charge in [-0.1, -0.05) is 30.3 Å². The van der Waals surface area contributed by atoms with Crippen LogP contribution in [0, 0.1) is 18.8 Å². The number of H-pyrrole nitrogens is 1. The summed E-state index contributed by atoms with van der Waals surface area (Å²) in [4.78, 5) is 53.4. The quantitative estimate of drug-likeness (QED) is 0.0946. The Morgan fingerprint density at radius 3 is 2.17 bits per heavy atom. The minimum atomic E-state index is -5.21. The van der Waals surface area contributed by atoms with Crippen molar-refractivity contribution in [2.24, 2.45) is 23.3 Å². The van der Waals surface area contributed by atoms with Crippen molar-refractivity contribution in [2.45, 2.75) is 56.9 Å². The second kappa shape index (κ2) is 15.9. The molecule has 1 saturated carbocycles. The first-order valence-electron chi connectivity index (χ1n) is 16.8. The van der Waals surface area contributed by atoms with E-state index in [2.05, 4.69) is 25.5 Å². The number of anilines is 1. The number of nitrogens with one attached hydrogen (secondary N) is 3. The Hall–Kier alpha value is -5.64. The predicted octanol–water partition coefficient (Wildman–Crippen LogP) is 4.88. The van der Waals surface area contributed by atoms with Crippen molar-refractivity contribution in [2.75, 3.05) is 19.0 Å². The summed E-state index contributed by atoms with van der Waals surface area (Å²) >= 11 is 0. The van der Waals surface area contributed by atoms with E-state index in [4.69, 9.17) is 11.5 Å². The van der Waals surface area contributed by atoms with Crippen molar-refractivity contribution in [3.05, 3.63) is 89.2 Å². The van der Waals surface area contributed by atoms with Crippen LogP contribution in [0.1, 0.15) is 53.0 Å². The smallest absolute Gasteiger partial charge is 0.412 e. The number of nitrogens with two attached hydrogens (primary N) is 2. The molecule has 280 valence electrons. The first kappa shape index (κ1) is 38.6. The highest BCUT2D eigenvalue weighted by molar-refractivity contribution is 5.98. The third kappa shape index (κ3) is 8.54. The molecular weight excluding hydrogens is 698 g/mol. The van der Waals surface area contributed by atoms with Gasteiger partial charge in [-0.15, -0.1) is 0 Å². The van der Waals surface area contributed by atoms with E-state index in [9.17, 15) is 36.7 Å². The number of hydrogen-bond acceptors (Lipinski definition) is 8. The Morgan fingerprint density at radius 2 is 1.58 bits per heavy atom. The summed E-state index contributed by atoms with van der Waals surface area (Å²) in [6.07, 6.45) is 3.09. The van der Waals surface area contributed by atoms with Gasteiger partial charge in [0.15, 0.2) is 5.82 Å². The van der Waals surface area contributed by atoms with Gasteiger partial charge in [0, 0.05) is 29.2 Å². The highest BCUT2D eigenvalue weighted by atomic mass is 19.3. The van der Waals surface area contributed by atoms with Crippen molar-refractivity contribution in [3.63, 3.8) is 0 Å². The number of alkyl halides is 4. The molecule has 0 bridgehead atoms. The van der Waals surface area contributed by atoms with Crippen molar-refractivity contribution >= 4 is 29.4 Å². The highest BCUT2D eigenvalue weighted by Gasteiger charge is 2.66. The Labute approximate surface area is 302 Å². The molecule has 3 aromatic carbocycles. The maximum atomic E-state index is 14.5. The maximum Gasteiger partial charge on any atom is 0.412 e. The van der Waals surface area contributed by atoms with Gasteiger partial charge in [0.2, 0.25) is 23.5 Å². The number of methoxy groups -OCH3 is 1. The van der Waals surface area contributed by atoms with Crippen molar-refractivity contribution < 1.29 is 41.5 Å². The largest absolute Gasteiger partial charge is 0.464 e. The number of carbonyl (C=O) groups excluding carboxylic acids is 4. The average Bonchev–Trinajstić information content (AvgIpc) is 3.66. The van der Waals surface area contributed by atoms with Crippen LogP contribution in [0.2, 0.25) is 0 Å². The van der Waals surface area contributed by atoms with E-state index in [1.807, 2.05) is 37.3 Å². The zero-order valence-corrected chi connectivity index (χ0v) is 28.9. The van der Waals surface area contributed by atoms with Crippen LogP contribution < -0.4 is 22.1 Å². The molecule has 5 rings (SSSR count). The second-order valence-electron chi connectivity index (χ2n) is 13.0. The Morgan fingerprint density at radius 1 is 0.943 bits per heavy atom. The Balaban J connectivity index is 1.32. The number of benzene rings is 3. The van der Waals surface area contributed by atoms with E-state index in [0.717, 1.165) is 35.1 Å². The molecule has 4 aromatic rings. The number of halogens is 4. The number of aromatic amines is 1. The second-order valence-corrected chi connectivity index (χ2v) is 13.0. The van der Waals surface area contributed by atoms with Gasteiger partial charge in [-0.25, -0.2) is 9.78 Å². The molecule has 12 nitrogen and oxygen atoms in total. The molecule has 53 heavy (non-hydrogen) atoms. The first-order chi connectivity index (χ1) is 25.1. The summed E-state index contributed by atoms with van der Waals surface area (Å²) in [5.74, 6) is -15.8. The molecular formula is C37H39F4N7O5. The van der Waals surface area contributed by atoms with E-state index in [1.165, 1.54) is 24.3 Å². The van der Waals surface area contributed by atoms with Crippen LogP contribution in [0.5, 0.6) is 0 Å². The predicted molar refractivity (Wildman–Crippen MR) is 187 cm³/mol. The van der Waals surface area contributed by atoms with Gasteiger partial charge < -0.3 is 26.8 Å². The number of hydrogen-bond donors (Lipinski definition) is 5. The van der Waals surface area contributed by atoms with Gasteiger partial charge in [0.25, 0.3) is 0 Å². The van der Waals surface area contributed by atoms with E-state index >= 15 is 0 Å². The molecule has 1 heterocycles. The fourth-order valence-electron chi connectivity index (χ4n) is 6.22. The molecule has 16 heteroatoms. The molecule has 1 aliphatic carbocycles. The summed E-state index contributed by atoms with van der Waals surface area (Å²) in [6, 6.07) is 17.3. The first-order valence-corrected chi connectivity index (χ1v) is 16.8. The van der Waals surface area contributed by atoms with Crippen LogP contribution >= 0.6 is 0 Å².